The van der Waals surface area contributed by atoms with E-state index in [2.05, 4.69) is 25.9 Å². The number of aromatic nitrogens is 4. The number of hydrogen-bond donors (Lipinski definition) is 2. The number of H-pyrrole nitrogens is 1. The van der Waals surface area contributed by atoms with Gasteiger partial charge in [0, 0.05) is 16.3 Å². The van der Waals surface area contributed by atoms with Crippen LogP contribution in [0.5, 0.6) is 11.5 Å². The van der Waals surface area contributed by atoms with Crippen LogP contribution >= 0.6 is 11.6 Å². The highest BCUT2D eigenvalue weighted by molar-refractivity contribution is 6.30. The van der Waals surface area contributed by atoms with Crippen LogP contribution in [0.15, 0.2) is 60.7 Å². The second kappa shape index (κ2) is 9.38. The van der Waals surface area contributed by atoms with Crippen LogP contribution < -0.4 is 14.8 Å². The molecule has 1 fully saturated rings. The maximum absolute atomic E-state index is 13.3. The summed E-state index contributed by atoms with van der Waals surface area (Å²) in [5.41, 5.74) is 3.54. The van der Waals surface area contributed by atoms with E-state index in [-0.39, 0.29) is 5.91 Å². The lowest BCUT2D eigenvalue weighted by Gasteiger charge is -2.18. The number of halogens is 1. The number of ether oxygens (including phenoxy) is 2. The lowest BCUT2D eigenvalue weighted by molar-refractivity contribution is -0.118. The Balaban J connectivity index is 1.49. The van der Waals surface area contributed by atoms with Crippen LogP contribution in [-0.4, -0.2) is 40.2 Å². The third kappa shape index (κ3) is 4.44. The minimum atomic E-state index is -0.556. The number of methoxy groups -OCH3 is 1. The Morgan fingerprint density at radius 3 is 2.63 bits per heavy atom. The minimum absolute atomic E-state index is 0.0584. The molecular formula is C26H24ClN5O3. The van der Waals surface area contributed by atoms with Gasteiger partial charge in [-0.3, -0.25) is 4.79 Å². The molecule has 0 saturated heterocycles. The third-order valence-corrected chi connectivity index (χ3v) is 6.45. The number of tetrazole rings is 1. The van der Waals surface area contributed by atoms with Gasteiger partial charge in [-0.15, -0.1) is 5.10 Å². The molecule has 35 heavy (non-hydrogen) atoms. The Morgan fingerprint density at radius 1 is 1.09 bits per heavy atom. The molecule has 0 spiro atoms. The quantitative estimate of drug-likeness (QED) is 0.350. The largest absolute Gasteiger partial charge is 0.493 e. The van der Waals surface area contributed by atoms with Gasteiger partial charge in [-0.05, 0) is 83.3 Å². The average molecular weight is 490 g/mol. The highest BCUT2D eigenvalue weighted by atomic mass is 35.5. The first-order valence-electron chi connectivity index (χ1n) is 11.3. The second-order valence-electron chi connectivity index (χ2n) is 8.36. The van der Waals surface area contributed by atoms with Crippen LogP contribution in [0.4, 0.5) is 5.69 Å². The molecule has 1 aliphatic carbocycles. The van der Waals surface area contributed by atoms with E-state index in [1.807, 2.05) is 67.6 Å². The molecule has 0 atom stereocenters. The topological polar surface area (TPSA) is 102 Å². The lowest BCUT2D eigenvalue weighted by atomic mass is 9.94. The fraction of sp³-hybridized carbons (Fsp3) is 0.231. The third-order valence-electron chi connectivity index (χ3n) is 6.21. The molecule has 4 aromatic rings. The Morgan fingerprint density at radius 2 is 1.94 bits per heavy atom. The molecular weight excluding hydrogens is 466 g/mol. The van der Waals surface area contributed by atoms with Crippen LogP contribution in [0, 0.1) is 0 Å². The number of rotatable bonds is 8. The van der Waals surface area contributed by atoms with Gasteiger partial charge >= 0.3 is 0 Å². The second-order valence-corrected chi connectivity index (χ2v) is 8.79. The fourth-order valence-electron chi connectivity index (χ4n) is 4.26. The van der Waals surface area contributed by atoms with Gasteiger partial charge < -0.3 is 14.8 Å². The number of amides is 1. The van der Waals surface area contributed by atoms with Gasteiger partial charge in [-0.1, -0.05) is 35.9 Å². The number of nitrogens with zero attached hydrogens (tertiary/aromatic N) is 3. The molecule has 0 radical (unpaired) electrons. The molecule has 178 valence electrons. The van der Waals surface area contributed by atoms with Gasteiger partial charge in [0.1, 0.15) is 0 Å². The molecule has 1 heterocycles. The Kier molecular flexibility index (Phi) is 6.13. The number of carbonyl (C=O) groups is 1. The Labute approximate surface area is 207 Å². The molecule has 5 rings (SSSR count). The van der Waals surface area contributed by atoms with Crippen LogP contribution in [0.1, 0.15) is 25.3 Å². The SMILES string of the molecule is CCOc1ccc(-c2ccc(NC(=O)C3(c4cccc(Cl)c4)CC3)cc2-c2nnn[nH]2)cc1OC. The molecule has 0 bridgehead atoms. The van der Waals surface area contributed by atoms with Gasteiger partial charge in [0.15, 0.2) is 17.3 Å². The van der Waals surface area contributed by atoms with Crippen molar-refractivity contribution in [1.82, 2.24) is 20.6 Å². The first-order valence-corrected chi connectivity index (χ1v) is 11.7. The first-order chi connectivity index (χ1) is 17.0. The molecule has 1 amide bonds. The fourth-order valence-corrected chi connectivity index (χ4v) is 4.45. The summed E-state index contributed by atoms with van der Waals surface area (Å²) in [6.45, 7) is 2.46. The summed E-state index contributed by atoms with van der Waals surface area (Å²) in [5.74, 6) is 1.72. The molecule has 3 aromatic carbocycles. The summed E-state index contributed by atoms with van der Waals surface area (Å²) in [6, 6.07) is 18.9. The molecule has 1 aromatic heterocycles. The van der Waals surface area contributed by atoms with Crippen molar-refractivity contribution in [1.29, 1.82) is 0 Å². The number of carbonyl (C=O) groups excluding carboxylic acids is 1. The smallest absolute Gasteiger partial charge is 0.235 e. The molecule has 8 nitrogen and oxygen atoms in total. The number of aromatic amines is 1. The lowest BCUT2D eigenvalue weighted by Crippen LogP contribution is -2.27. The van der Waals surface area contributed by atoms with E-state index in [0.29, 0.717) is 34.6 Å². The summed E-state index contributed by atoms with van der Waals surface area (Å²) < 4.78 is 11.2. The highest BCUT2D eigenvalue weighted by Gasteiger charge is 2.51. The van der Waals surface area contributed by atoms with Gasteiger partial charge in [0.2, 0.25) is 5.91 Å². The van der Waals surface area contributed by atoms with Crippen molar-refractivity contribution in [3.05, 3.63) is 71.2 Å². The van der Waals surface area contributed by atoms with E-state index in [0.717, 1.165) is 35.1 Å². The van der Waals surface area contributed by atoms with Crippen molar-refractivity contribution >= 4 is 23.2 Å². The van der Waals surface area contributed by atoms with Crippen LogP contribution in [0.25, 0.3) is 22.5 Å². The van der Waals surface area contributed by atoms with Crippen LogP contribution in [0.2, 0.25) is 5.02 Å². The number of hydrogen-bond acceptors (Lipinski definition) is 6. The summed E-state index contributed by atoms with van der Waals surface area (Å²) >= 11 is 6.18. The number of anilines is 1. The summed E-state index contributed by atoms with van der Waals surface area (Å²) in [7, 11) is 1.61. The zero-order valence-electron chi connectivity index (χ0n) is 19.3. The molecule has 1 aliphatic rings. The van der Waals surface area contributed by atoms with Crippen molar-refractivity contribution < 1.29 is 14.3 Å². The average Bonchev–Trinajstić information content (AvgIpc) is 3.51. The van der Waals surface area contributed by atoms with E-state index in [1.165, 1.54) is 0 Å². The monoisotopic (exact) mass is 489 g/mol. The van der Waals surface area contributed by atoms with Crippen LogP contribution in [0.3, 0.4) is 0 Å². The van der Waals surface area contributed by atoms with E-state index < -0.39 is 5.41 Å². The zero-order chi connectivity index (χ0) is 24.4. The maximum atomic E-state index is 13.3. The maximum Gasteiger partial charge on any atom is 0.235 e. The summed E-state index contributed by atoms with van der Waals surface area (Å²) in [4.78, 5) is 13.3. The Hall–Kier alpha value is -3.91. The minimum Gasteiger partial charge on any atom is -0.493 e. The summed E-state index contributed by atoms with van der Waals surface area (Å²) in [5, 5.41) is 18.1. The number of nitrogens with one attached hydrogen (secondary N) is 2. The van der Waals surface area contributed by atoms with Crippen LogP contribution in [-0.2, 0) is 10.2 Å². The highest BCUT2D eigenvalue weighted by Crippen LogP contribution is 2.49. The molecule has 0 aliphatic heterocycles. The van der Waals surface area contributed by atoms with E-state index >= 15 is 0 Å². The zero-order valence-corrected chi connectivity index (χ0v) is 20.1. The van der Waals surface area contributed by atoms with E-state index in [1.54, 1.807) is 7.11 Å². The summed E-state index contributed by atoms with van der Waals surface area (Å²) in [6.07, 6.45) is 1.56. The predicted octanol–water partition coefficient (Wildman–Crippen LogP) is 5.26. The van der Waals surface area contributed by atoms with Gasteiger partial charge in [0.05, 0.1) is 19.1 Å². The van der Waals surface area contributed by atoms with Crippen molar-refractivity contribution in [2.45, 2.75) is 25.2 Å². The first kappa shape index (κ1) is 22.9. The van der Waals surface area contributed by atoms with Crippen molar-refractivity contribution in [2.75, 3.05) is 19.0 Å². The molecule has 1 saturated carbocycles. The van der Waals surface area contributed by atoms with Crippen molar-refractivity contribution in [3.63, 3.8) is 0 Å². The Bertz CT molecular complexity index is 1370. The molecule has 0 unspecified atom stereocenters. The normalized spacial score (nSPS) is 13.8. The standard InChI is InChI=1S/C26H24ClN5O3/c1-3-35-22-10-7-16(13-23(22)34-2)20-9-8-19(15-21(20)24-29-31-32-30-24)28-25(33)26(11-12-26)17-5-4-6-18(27)14-17/h4-10,13-15H,3,11-12H2,1-2H3,(H,28,33)(H,29,30,31,32). The van der Waals surface area contributed by atoms with Crippen molar-refractivity contribution in [2.24, 2.45) is 0 Å². The van der Waals surface area contributed by atoms with Crippen molar-refractivity contribution in [3.8, 4) is 34.0 Å². The van der Waals surface area contributed by atoms with Gasteiger partial charge in [-0.2, -0.15) is 0 Å². The van der Waals surface area contributed by atoms with E-state index in [9.17, 15) is 4.79 Å². The molecule has 2 N–H and O–H groups in total. The predicted molar refractivity (Wildman–Crippen MR) is 134 cm³/mol. The number of benzene rings is 3. The molecule has 9 heteroatoms. The van der Waals surface area contributed by atoms with E-state index in [4.69, 9.17) is 21.1 Å². The van der Waals surface area contributed by atoms with Gasteiger partial charge in [-0.25, -0.2) is 5.10 Å². The van der Waals surface area contributed by atoms with Gasteiger partial charge in [0.25, 0.3) is 0 Å².